The monoisotopic (exact) mass is 377 g/mol. The summed E-state index contributed by atoms with van der Waals surface area (Å²) in [5.74, 6) is 1.32. The largest absolute Gasteiger partial charge is 0.497 e. The number of nitrogens with one attached hydrogen (secondary N) is 1. The van der Waals surface area contributed by atoms with Crippen LogP contribution in [0.3, 0.4) is 0 Å². The molecular weight excluding hydrogens is 354 g/mol. The van der Waals surface area contributed by atoms with E-state index in [9.17, 15) is 9.59 Å². The highest BCUT2D eigenvalue weighted by Gasteiger charge is 2.15. The fourth-order valence-electron chi connectivity index (χ4n) is 3.61. The first-order valence-electron chi connectivity index (χ1n) is 9.64. The summed E-state index contributed by atoms with van der Waals surface area (Å²) in [7, 11) is 1.60. The SMILES string of the molecule is COc1ccc(NC(=O)c2ccc3c(=O)n4c(nc3c2)CCCCCC4)cc1. The standard InChI is InChI=1S/C22H23N3O3/c1-28-17-10-8-16(9-11-17)23-21(26)15-7-12-18-19(14-15)24-20-6-4-2-3-5-13-25(20)22(18)27/h7-12,14H,2-6,13H2,1H3,(H,23,26). The van der Waals surface area contributed by atoms with Crippen molar-refractivity contribution in [3.05, 3.63) is 64.2 Å². The first-order chi connectivity index (χ1) is 13.7. The molecule has 2 aromatic carbocycles. The third-order valence-corrected chi connectivity index (χ3v) is 5.18. The van der Waals surface area contributed by atoms with Gasteiger partial charge in [0.2, 0.25) is 0 Å². The number of nitrogens with zero attached hydrogens (tertiary/aromatic N) is 2. The molecule has 0 aliphatic carbocycles. The zero-order valence-electron chi connectivity index (χ0n) is 15.9. The molecule has 0 radical (unpaired) electrons. The molecule has 4 rings (SSSR count). The van der Waals surface area contributed by atoms with Crippen molar-refractivity contribution in [2.75, 3.05) is 12.4 Å². The maximum atomic E-state index is 12.9. The molecule has 3 aromatic rings. The summed E-state index contributed by atoms with van der Waals surface area (Å²) >= 11 is 0. The molecule has 6 heteroatoms. The molecule has 2 heterocycles. The molecule has 0 spiro atoms. The zero-order valence-corrected chi connectivity index (χ0v) is 15.9. The third-order valence-electron chi connectivity index (χ3n) is 5.18. The van der Waals surface area contributed by atoms with Crippen molar-refractivity contribution in [1.82, 2.24) is 9.55 Å². The van der Waals surface area contributed by atoms with Gasteiger partial charge in [-0.25, -0.2) is 4.98 Å². The van der Waals surface area contributed by atoms with Crippen molar-refractivity contribution in [3.8, 4) is 5.75 Å². The highest BCUT2D eigenvalue weighted by Crippen LogP contribution is 2.19. The number of rotatable bonds is 3. The summed E-state index contributed by atoms with van der Waals surface area (Å²) in [6.07, 6.45) is 5.15. The minimum Gasteiger partial charge on any atom is -0.497 e. The Balaban J connectivity index is 1.65. The van der Waals surface area contributed by atoms with Crippen molar-refractivity contribution in [3.63, 3.8) is 0 Å². The third kappa shape index (κ3) is 3.63. The molecule has 6 nitrogen and oxygen atoms in total. The molecule has 144 valence electrons. The van der Waals surface area contributed by atoms with Crippen molar-refractivity contribution >= 4 is 22.5 Å². The Morgan fingerprint density at radius 2 is 1.86 bits per heavy atom. The van der Waals surface area contributed by atoms with Gasteiger partial charge in [-0.1, -0.05) is 12.8 Å². The Morgan fingerprint density at radius 3 is 2.64 bits per heavy atom. The van der Waals surface area contributed by atoms with Crippen LogP contribution < -0.4 is 15.6 Å². The molecule has 1 aromatic heterocycles. The predicted molar refractivity (Wildman–Crippen MR) is 109 cm³/mol. The van der Waals surface area contributed by atoms with Crippen molar-refractivity contribution in [2.45, 2.75) is 38.6 Å². The second-order valence-corrected chi connectivity index (χ2v) is 7.06. The van der Waals surface area contributed by atoms with Gasteiger partial charge >= 0.3 is 0 Å². The molecule has 0 saturated carbocycles. The summed E-state index contributed by atoms with van der Waals surface area (Å²) in [6.45, 7) is 0.719. The van der Waals surface area contributed by atoms with E-state index >= 15 is 0 Å². The van der Waals surface area contributed by atoms with Gasteiger partial charge in [0.15, 0.2) is 0 Å². The van der Waals surface area contributed by atoms with Crippen LogP contribution in [0.5, 0.6) is 5.75 Å². The highest BCUT2D eigenvalue weighted by atomic mass is 16.5. The molecule has 1 aliphatic rings. The Morgan fingerprint density at radius 1 is 1.07 bits per heavy atom. The molecule has 0 bridgehead atoms. The fourth-order valence-corrected chi connectivity index (χ4v) is 3.61. The van der Waals surface area contributed by atoms with Crippen molar-refractivity contribution in [1.29, 1.82) is 0 Å². The van der Waals surface area contributed by atoms with Crippen LogP contribution in [0.4, 0.5) is 5.69 Å². The molecule has 0 unspecified atom stereocenters. The van der Waals surface area contributed by atoms with Crippen LogP contribution in [0.25, 0.3) is 10.9 Å². The van der Waals surface area contributed by atoms with Crippen molar-refractivity contribution < 1.29 is 9.53 Å². The van der Waals surface area contributed by atoms with E-state index in [4.69, 9.17) is 9.72 Å². The van der Waals surface area contributed by atoms with Gasteiger partial charge in [-0.05, 0) is 55.3 Å². The molecule has 1 N–H and O–H groups in total. The number of methoxy groups -OCH3 is 1. The van der Waals surface area contributed by atoms with Gasteiger partial charge in [0.25, 0.3) is 11.5 Å². The summed E-state index contributed by atoms with van der Waals surface area (Å²) in [6, 6.07) is 12.2. The average molecular weight is 377 g/mol. The number of fused-ring (bicyclic) bond motifs is 2. The molecular formula is C22H23N3O3. The van der Waals surface area contributed by atoms with Crippen LogP contribution in [0.15, 0.2) is 47.3 Å². The van der Waals surface area contributed by atoms with Gasteiger partial charge in [0, 0.05) is 24.2 Å². The van der Waals surface area contributed by atoms with E-state index in [1.54, 1.807) is 54.1 Å². The minimum absolute atomic E-state index is 0.0102. The fraction of sp³-hybridized carbons (Fsp3) is 0.318. The first kappa shape index (κ1) is 18.2. The molecule has 1 aliphatic heterocycles. The van der Waals surface area contributed by atoms with E-state index in [-0.39, 0.29) is 11.5 Å². The van der Waals surface area contributed by atoms with E-state index < -0.39 is 0 Å². The number of hydrogen-bond donors (Lipinski definition) is 1. The molecule has 28 heavy (non-hydrogen) atoms. The van der Waals surface area contributed by atoms with Crippen LogP contribution in [0, 0.1) is 0 Å². The zero-order chi connectivity index (χ0) is 19.5. The second kappa shape index (κ2) is 7.84. The highest BCUT2D eigenvalue weighted by molar-refractivity contribution is 6.06. The van der Waals surface area contributed by atoms with Gasteiger partial charge in [-0.15, -0.1) is 0 Å². The minimum atomic E-state index is -0.235. The number of carbonyl (C=O) groups is 1. The lowest BCUT2D eigenvalue weighted by atomic mass is 10.1. The second-order valence-electron chi connectivity index (χ2n) is 7.06. The topological polar surface area (TPSA) is 73.2 Å². The number of benzene rings is 2. The first-order valence-corrected chi connectivity index (χ1v) is 9.64. The Hall–Kier alpha value is -3.15. The van der Waals surface area contributed by atoms with Gasteiger partial charge in [0.1, 0.15) is 11.6 Å². The molecule has 0 saturated heterocycles. The van der Waals surface area contributed by atoms with Crippen molar-refractivity contribution in [2.24, 2.45) is 0 Å². The van der Waals surface area contributed by atoms with Gasteiger partial charge in [0.05, 0.1) is 18.0 Å². The van der Waals surface area contributed by atoms with Gasteiger partial charge in [-0.3, -0.25) is 14.2 Å². The predicted octanol–water partition coefficient (Wildman–Crippen LogP) is 3.77. The van der Waals surface area contributed by atoms with Crippen LogP contribution in [0.1, 0.15) is 41.9 Å². The lowest BCUT2D eigenvalue weighted by Gasteiger charge is -2.16. The number of hydrogen-bond acceptors (Lipinski definition) is 4. The van der Waals surface area contributed by atoms with Gasteiger partial charge < -0.3 is 10.1 Å². The van der Waals surface area contributed by atoms with Gasteiger partial charge in [-0.2, -0.15) is 0 Å². The van der Waals surface area contributed by atoms with E-state index in [2.05, 4.69) is 5.32 Å². The lowest BCUT2D eigenvalue weighted by Crippen LogP contribution is -2.26. The molecule has 1 amide bonds. The van der Waals surface area contributed by atoms with Crippen LogP contribution in [-0.2, 0) is 13.0 Å². The van der Waals surface area contributed by atoms with E-state index in [0.29, 0.717) is 22.2 Å². The number of aromatic nitrogens is 2. The van der Waals surface area contributed by atoms with E-state index in [1.807, 2.05) is 0 Å². The Kier molecular flexibility index (Phi) is 5.10. The van der Waals surface area contributed by atoms with E-state index in [1.165, 1.54) is 0 Å². The number of aryl methyl sites for hydroxylation is 1. The molecule has 0 atom stereocenters. The summed E-state index contributed by atoms with van der Waals surface area (Å²) in [5.41, 5.74) is 1.73. The Bertz CT molecular complexity index is 1070. The Labute approximate surface area is 163 Å². The maximum absolute atomic E-state index is 12.9. The number of ether oxygens (including phenoxy) is 1. The summed E-state index contributed by atoms with van der Waals surface area (Å²) in [4.78, 5) is 30.2. The quantitative estimate of drug-likeness (QED) is 0.754. The molecule has 0 fully saturated rings. The lowest BCUT2D eigenvalue weighted by molar-refractivity contribution is 0.102. The smallest absolute Gasteiger partial charge is 0.261 e. The van der Waals surface area contributed by atoms with Crippen LogP contribution in [-0.4, -0.2) is 22.6 Å². The normalized spacial score (nSPS) is 14.0. The van der Waals surface area contributed by atoms with Crippen LogP contribution >= 0.6 is 0 Å². The summed E-state index contributed by atoms with van der Waals surface area (Å²) < 4.78 is 6.93. The number of anilines is 1. The summed E-state index contributed by atoms with van der Waals surface area (Å²) in [5, 5.41) is 3.42. The van der Waals surface area contributed by atoms with Crippen LogP contribution in [0.2, 0.25) is 0 Å². The van der Waals surface area contributed by atoms with E-state index in [0.717, 1.165) is 50.2 Å². The average Bonchev–Trinajstić information content (AvgIpc) is 2.69. The maximum Gasteiger partial charge on any atom is 0.261 e. The number of carbonyl (C=O) groups excluding carboxylic acids is 1. The number of amides is 1.